The van der Waals surface area contributed by atoms with E-state index in [1.54, 1.807) is 47.4 Å². The molecular formula is C19H16Cl3N3O2. The summed E-state index contributed by atoms with van der Waals surface area (Å²) in [4.78, 5) is 14.6. The average molecular weight is 425 g/mol. The van der Waals surface area contributed by atoms with Crippen molar-refractivity contribution in [2.45, 2.75) is 26.4 Å². The molecule has 0 atom stereocenters. The first-order valence-corrected chi connectivity index (χ1v) is 9.33. The fourth-order valence-corrected chi connectivity index (χ4v) is 2.97. The van der Waals surface area contributed by atoms with Crippen LogP contribution in [0.4, 0.5) is 0 Å². The van der Waals surface area contributed by atoms with Crippen molar-refractivity contribution in [1.82, 2.24) is 15.1 Å². The third kappa shape index (κ3) is 4.61. The molecule has 27 heavy (non-hydrogen) atoms. The SMILES string of the molecule is CC(C)N(Cc1nnc(-c2ccc(Cl)cc2)o1)C(=O)c1cc(Cl)ccc1Cl. The predicted molar refractivity (Wildman–Crippen MR) is 106 cm³/mol. The molecule has 0 unspecified atom stereocenters. The summed E-state index contributed by atoms with van der Waals surface area (Å²) in [6.45, 7) is 3.94. The van der Waals surface area contributed by atoms with Crippen LogP contribution < -0.4 is 0 Å². The number of aromatic nitrogens is 2. The summed E-state index contributed by atoms with van der Waals surface area (Å²) in [5.41, 5.74) is 1.08. The normalized spacial score (nSPS) is 11.0. The molecule has 0 aliphatic carbocycles. The van der Waals surface area contributed by atoms with Gasteiger partial charge in [-0.1, -0.05) is 34.8 Å². The number of nitrogens with zero attached hydrogens (tertiary/aromatic N) is 3. The summed E-state index contributed by atoms with van der Waals surface area (Å²) >= 11 is 18.1. The van der Waals surface area contributed by atoms with Crippen LogP contribution in [0.5, 0.6) is 0 Å². The Kier molecular flexibility index (Phi) is 6.05. The first-order chi connectivity index (χ1) is 12.8. The molecule has 1 heterocycles. The Hall–Kier alpha value is -2.08. The molecule has 1 amide bonds. The monoisotopic (exact) mass is 423 g/mol. The van der Waals surface area contributed by atoms with Crippen molar-refractivity contribution in [3.63, 3.8) is 0 Å². The summed E-state index contributed by atoms with van der Waals surface area (Å²) in [6, 6.07) is 11.7. The molecule has 0 saturated carbocycles. The van der Waals surface area contributed by atoms with Crippen molar-refractivity contribution in [3.8, 4) is 11.5 Å². The number of amides is 1. The predicted octanol–water partition coefficient (Wildman–Crippen LogP) is 5.75. The van der Waals surface area contributed by atoms with Gasteiger partial charge in [0.05, 0.1) is 17.1 Å². The van der Waals surface area contributed by atoms with E-state index in [4.69, 9.17) is 39.2 Å². The molecule has 0 aliphatic heterocycles. The van der Waals surface area contributed by atoms with Gasteiger partial charge >= 0.3 is 0 Å². The van der Waals surface area contributed by atoms with Gasteiger partial charge in [-0.05, 0) is 56.3 Å². The topological polar surface area (TPSA) is 59.2 Å². The first-order valence-electron chi connectivity index (χ1n) is 8.19. The van der Waals surface area contributed by atoms with E-state index in [9.17, 15) is 4.79 Å². The highest BCUT2D eigenvalue weighted by molar-refractivity contribution is 6.35. The average Bonchev–Trinajstić information content (AvgIpc) is 3.10. The Morgan fingerprint density at radius 1 is 1.04 bits per heavy atom. The van der Waals surface area contributed by atoms with E-state index in [1.165, 1.54) is 0 Å². The zero-order chi connectivity index (χ0) is 19.6. The van der Waals surface area contributed by atoms with Crippen molar-refractivity contribution in [1.29, 1.82) is 0 Å². The van der Waals surface area contributed by atoms with Gasteiger partial charge in [-0.2, -0.15) is 0 Å². The van der Waals surface area contributed by atoms with Crippen LogP contribution in [-0.2, 0) is 6.54 Å². The van der Waals surface area contributed by atoms with Gasteiger partial charge in [0.1, 0.15) is 0 Å². The molecule has 2 aromatic carbocycles. The third-order valence-corrected chi connectivity index (χ3v) is 4.72. The maximum Gasteiger partial charge on any atom is 0.256 e. The molecular weight excluding hydrogens is 409 g/mol. The second kappa shape index (κ2) is 8.30. The Labute approximate surface area is 171 Å². The number of hydrogen-bond acceptors (Lipinski definition) is 4. The van der Waals surface area contributed by atoms with Crippen LogP contribution in [0.2, 0.25) is 15.1 Å². The quantitative estimate of drug-likeness (QED) is 0.523. The van der Waals surface area contributed by atoms with Crippen LogP contribution in [0.3, 0.4) is 0 Å². The van der Waals surface area contributed by atoms with Gasteiger partial charge in [-0.3, -0.25) is 4.79 Å². The molecule has 1 aromatic heterocycles. The van der Waals surface area contributed by atoms with Gasteiger partial charge in [0, 0.05) is 21.7 Å². The first kappa shape index (κ1) is 19.7. The van der Waals surface area contributed by atoms with Crippen molar-refractivity contribution in [2.75, 3.05) is 0 Å². The molecule has 8 heteroatoms. The number of rotatable bonds is 5. The van der Waals surface area contributed by atoms with E-state index in [-0.39, 0.29) is 18.5 Å². The summed E-state index contributed by atoms with van der Waals surface area (Å²) in [5, 5.41) is 9.49. The van der Waals surface area contributed by atoms with Crippen molar-refractivity contribution < 1.29 is 9.21 Å². The summed E-state index contributed by atoms with van der Waals surface area (Å²) in [5.74, 6) is 0.419. The Morgan fingerprint density at radius 2 is 1.70 bits per heavy atom. The number of carbonyl (C=O) groups excluding carboxylic acids is 1. The highest BCUT2D eigenvalue weighted by atomic mass is 35.5. The van der Waals surface area contributed by atoms with Crippen molar-refractivity contribution in [3.05, 3.63) is 69.0 Å². The van der Waals surface area contributed by atoms with Crippen molar-refractivity contribution >= 4 is 40.7 Å². The molecule has 5 nitrogen and oxygen atoms in total. The third-order valence-electron chi connectivity index (χ3n) is 3.91. The van der Waals surface area contributed by atoms with E-state index >= 15 is 0 Å². The minimum atomic E-state index is -0.260. The minimum Gasteiger partial charge on any atom is -0.419 e. The largest absolute Gasteiger partial charge is 0.419 e. The van der Waals surface area contributed by atoms with E-state index in [1.807, 2.05) is 13.8 Å². The second-order valence-corrected chi connectivity index (χ2v) is 7.44. The highest BCUT2D eigenvalue weighted by Crippen LogP contribution is 2.25. The van der Waals surface area contributed by atoms with E-state index < -0.39 is 0 Å². The Morgan fingerprint density at radius 3 is 2.37 bits per heavy atom. The van der Waals surface area contributed by atoms with E-state index in [2.05, 4.69) is 10.2 Å². The van der Waals surface area contributed by atoms with Crippen LogP contribution in [0.1, 0.15) is 30.1 Å². The molecule has 0 fully saturated rings. The number of carbonyl (C=O) groups is 1. The lowest BCUT2D eigenvalue weighted by molar-refractivity contribution is 0.0672. The molecule has 0 bridgehead atoms. The standard InChI is InChI=1S/C19H16Cl3N3O2/c1-11(2)25(19(26)15-9-14(21)7-8-16(15)22)10-17-23-24-18(27-17)12-3-5-13(20)6-4-12/h3-9,11H,10H2,1-2H3. The molecule has 140 valence electrons. The number of halogens is 3. The second-order valence-electron chi connectivity index (χ2n) is 6.16. The zero-order valence-corrected chi connectivity index (χ0v) is 16.9. The van der Waals surface area contributed by atoms with Crippen LogP contribution in [0, 0.1) is 0 Å². The van der Waals surface area contributed by atoms with Crippen LogP contribution in [0.15, 0.2) is 46.9 Å². The number of hydrogen-bond donors (Lipinski definition) is 0. The van der Waals surface area contributed by atoms with E-state index in [0.29, 0.717) is 32.4 Å². The lowest BCUT2D eigenvalue weighted by Gasteiger charge is -2.25. The fourth-order valence-electron chi connectivity index (χ4n) is 2.48. The zero-order valence-electron chi connectivity index (χ0n) is 14.6. The van der Waals surface area contributed by atoms with Gasteiger partial charge in [0.2, 0.25) is 11.8 Å². The molecule has 3 aromatic rings. The summed E-state index contributed by atoms with van der Waals surface area (Å²) < 4.78 is 5.71. The van der Waals surface area contributed by atoms with E-state index in [0.717, 1.165) is 5.56 Å². The molecule has 0 radical (unpaired) electrons. The van der Waals surface area contributed by atoms with Crippen LogP contribution >= 0.6 is 34.8 Å². The van der Waals surface area contributed by atoms with Crippen LogP contribution in [-0.4, -0.2) is 27.0 Å². The lowest BCUT2D eigenvalue weighted by Crippen LogP contribution is -2.36. The lowest BCUT2D eigenvalue weighted by atomic mass is 10.1. The Balaban J connectivity index is 1.84. The van der Waals surface area contributed by atoms with Gasteiger partial charge < -0.3 is 9.32 Å². The van der Waals surface area contributed by atoms with Crippen molar-refractivity contribution in [2.24, 2.45) is 0 Å². The highest BCUT2D eigenvalue weighted by Gasteiger charge is 2.24. The van der Waals surface area contributed by atoms with Crippen LogP contribution in [0.25, 0.3) is 11.5 Å². The molecule has 0 aliphatic rings. The fraction of sp³-hybridized carbons (Fsp3) is 0.211. The van der Waals surface area contributed by atoms with Gasteiger partial charge in [-0.15, -0.1) is 10.2 Å². The molecule has 0 spiro atoms. The Bertz CT molecular complexity index is 955. The summed E-state index contributed by atoms with van der Waals surface area (Å²) in [6.07, 6.45) is 0. The van der Waals surface area contributed by atoms with Gasteiger partial charge in [-0.25, -0.2) is 0 Å². The smallest absolute Gasteiger partial charge is 0.256 e. The maximum atomic E-state index is 13.0. The van der Waals surface area contributed by atoms with Gasteiger partial charge in [0.15, 0.2) is 0 Å². The summed E-state index contributed by atoms with van der Waals surface area (Å²) in [7, 11) is 0. The molecule has 3 rings (SSSR count). The maximum absolute atomic E-state index is 13.0. The minimum absolute atomic E-state index is 0.113. The van der Waals surface area contributed by atoms with Gasteiger partial charge in [0.25, 0.3) is 5.91 Å². The molecule has 0 N–H and O–H groups in total. The number of benzene rings is 2. The molecule has 0 saturated heterocycles.